The van der Waals surface area contributed by atoms with Crippen LogP contribution in [0.3, 0.4) is 0 Å². The van der Waals surface area contributed by atoms with Crippen molar-refractivity contribution in [3.05, 3.63) is 222 Å². The Hall–Kier alpha value is -6.42. The van der Waals surface area contributed by atoms with Crippen LogP contribution < -0.4 is 14.5 Å². The molecule has 0 fully saturated rings. The number of ether oxygens (including phenoxy) is 1. The van der Waals surface area contributed by atoms with E-state index >= 15 is 0 Å². The standard InChI is InChI=1S/C62H59N4O.Pt/c1-59(2,3)52-39-56-57(40-53(52)60(4,5)6)65(47-35-44(61(7,8)42-22-13-11-14-23-42)34-45(36-47)62(9,10)43-24-15-12-16-25-43)41-64(56)46-26-21-27-48(37-46)67-49-31-32-51-50-28-17-18-29-54(50)66(55(51)38-49)58-30-19-20-33-63-58;/h11-36,39-41H,1-10H3;/q-3;. The van der Waals surface area contributed by atoms with E-state index in [1.165, 1.54) is 33.4 Å². The van der Waals surface area contributed by atoms with Crippen LogP contribution in [0.4, 0.5) is 22.7 Å². The molecular formula is C62H59N4OPt-3. The monoisotopic (exact) mass is 1070 g/mol. The first-order valence-corrected chi connectivity index (χ1v) is 23.5. The minimum absolute atomic E-state index is 0. The average Bonchev–Trinajstić information content (AvgIpc) is 3.87. The SMILES string of the molecule is CC(C)(C)c1cc2c(cc1C(C)(C)C)N(c1cc(C(C)(C)c3ccccc3)cc(C(C)(C)c3ccccc3)c1)[CH-]N2c1[c-]c(Oc2[c-]c3c(cc2)c2ccccc2n3-c2ccccn2)ccc1.[Pt]. The Morgan fingerprint density at radius 3 is 1.63 bits per heavy atom. The maximum atomic E-state index is 6.71. The van der Waals surface area contributed by atoms with E-state index in [0.29, 0.717) is 11.5 Å². The van der Waals surface area contributed by atoms with E-state index in [2.05, 4.69) is 236 Å². The first-order valence-electron chi connectivity index (χ1n) is 23.5. The second-order valence-electron chi connectivity index (χ2n) is 21.1. The van der Waals surface area contributed by atoms with Crippen molar-refractivity contribution in [3.63, 3.8) is 0 Å². The molecule has 0 spiro atoms. The van der Waals surface area contributed by atoms with Crippen molar-refractivity contribution >= 4 is 44.6 Å². The quantitative estimate of drug-likeness (QED) is 0.135. The smallest absolute Gasteiger partial charge is 0.135 e. The molecular weight excluding hydrogens is 1010 g/mol. The molecule has 0 radical (unpaired) electrons. The Morgan fingerprint density at radius 2 is 1.04 bits per heavy atom. The molecule has 10 rings (SSSR count). The summed E-state index contributed by atoms with van der Waals surface area (Å²) in [6.07, 6.45) is 1.83. The van der Waals surface area contributed by atoms with Gasteiger partial charge in [-0.2, -0.15) is 12.1 Å². The Kier molecular flexibility index (Phi) is 12.1. The summed E-state index contributed by atoms with van der Waals surface area (Å²) in [7, 11) is 0. The normalized spacial score (nSPS) is 13.2. The fourth-order valence-corrected chi connectivity index (χ4v) is 9.77. The molecule has 0 N–H and O–H groups in total. The fourth-order valence-electron chi connectivity index (χ4n) is 9.77. The fraction of sp³-hybridized carbons (Fsp3) is 0.226. The summed E-state index contributed by atoms with van der Waals surface area (Å²) >= 11 is 0. The van der Waals surface area contributed by atoms with Gasteiger partial charge in [-0.3, -0.25) is 0 Å². The Balaban J connectivity index is 0.00000578. The van der Waals surface area contributed by atoms with Crippen molar-refractivity contribution in [2.75, 3.05) is 9.80 Å². The van der Waals surface area contributed by atoms with E-state index in [4.69, 9.17) is 9.72 Å². The van der Waals surface area contributed by atoms with E-state index in [9.17, 15) is 0 Å². The molecule has 0 saturated heterocycles. The molecule has 0 bridgehead atoms. The zero-order chi connectivity index (χ0) is 46.9. The summed E-state index contributed by atoms with van der Waals surface area (Å²) < 4.78 is 8.86. The summed E-state index contributed by atoms with van der Waals surface area (Å²) in [5.41, 5.74) is 13.1. The van der Waals surface area contributed by atoms with Crippen molar-refractivity contribution < 1.29 is 25.8 Å². The van der Waals surface area contributed by atoms with Gasteiger partial charge in [0, 0.05) is 72.2 Å². The van der Waals surface area contributed by atoms with E-state index in [-0.39, 0.29) is 42.7 Å². The molecule has 346 valence electrons. The molecule has 1 aliphatic rings. The molecule has 9 aromatic rings. The molecule has 0 amide bonds. The molecule has 0 saturated carbocycles. The summed E-state index contributed by atoms with van der Waals surface area (Å²) in [5.74, 6) is 2.03. The zero-order valence-electron chi connectivity index (χ0n) is 40.8. The summed E-state index contributed by atoms with van der Waals surface area (Å²) in [6.45, 7) is 25.6. The number of para-hydroxylation sites is 1. The number of benzene rings is 7. The van der Waals surface area contributed by atoms with Crippen LogP contribution in [0.25, 0.3) is 27.6 Å². The zero-order valence-corrected chi connectivity index (χ0v) is 43.0. The molecule has 0 aliphatic carbocycles. The predicted octanol–water partition coefficient (Wildman–Crippen LogP) is 16.2. The van der Waals surface area contributed by atoms with Crippen LogP contribution in [-0.2, 0) is 42.7 Å². The number of anilines is 4. The van der Waals surface area contributed by atoms with Gasteiger partial charge >= 0.3 is 0 Å². The molecule has 5 nitrogen and oxygen atoms in total. The third kappa shape index (κ3) is 8.45. The number of aromatic nitrogens is 2. The molecule has 68 heavy (non-hydrogen) atoms. The maximum absolute atomic E-state index is 6.71. The topological polar surface area (TPSA) is 33.5 Å². The molecule has 6 heteroatoms. The van der Waals surface area contributed by atoms with Gasteiger partial charge in [-0.15, -0.1) is 48.1 Å². The van der Waals surface area contributed by atoms with Crippen LogP contribution in [0.1, 0.15) is 103 Å². The van der Waals surface area contributed by atoms with E-state index in [1.807, 2.05) is 36.5 Å². The summed E-state index contributed by atoms with van der Waals surface area (Å²) in [6, 6.07) is 65.8. The first kappa shape index (κ1) is 46.7. The van der Waals surface area contributed by atoms with Gasteiger partial charge in [-0.1, -0.05) is 166 Å². The molecule has 1 aliphatic heterocycles. The van der Waals surface area contributed by atoms with Gasteiger partial charge in [-0.05, 0) is 92.1 Å². The van der Waals surface area contributed by atoms with Crippen LogP contribution in [0.5, 0.6) is 11.5 Å². The van der Waals surface area contributed by atoms with E-state index in [0.717, 1.165) is 50.4 Å². The number of fused-ring (bicyclic) bond motifs is 4. The second kappa shape index (κ2) is 17.6. The predicted molar refractivity (Wildman–Crippen MR) is 279 cm³/mol. The number of rotatable bonds is 9. The number of hydrogen-bond acceptors (Lipinski definition) is 4. The van der Waals surface area contributed by atoms with Crippen LogP contribution >= 0.6 is 0 Å². The van der Waals surface area contributed by atoms with Crippen LogP contribution in [0.15, 0.2) is 170 Å². The number of nitrogens with zero attached hydrogens (tertiary/aromatic N) is 4. The van der Waals surface area contributed by atoms with Gasteiger partial charge in [0.2, 0.25) is 0 Å². The van der Waals surface area contributed by atoms with Crippen molar-refractivity contribution in [2.45, 2.75) is 90.9 Å². The van der Waals surface area contributed by atoms with Gasteiger partial charge in [0.05, 0.1) is 0 Å². The van der Waals surface area contributed by atoms with Gasteiger partial charge < -0.3 is 19.1 Å². The number of pyridine rings is 1. The van der Waals surface area contributed by atoms with E-state index in [1.54, 1.807) is 0 Å². The maximum Gasteiger partial charge on any atom is 0.135 e. The minimum Gasteiger partial charge on any atom is -0.509 e. The van der Waals surface area contributed by atoms with Gasteiger partial charge in [-0.25, -0.2) is 4.98 Å². The summed E-state index contributed by atoms with van der Waals surface area (Å²) in [4.78, 5) is 9.40. The van der Waals surface area contributed by atoms with E-state index < -0.39 is 0 Å². The third-order valence-electron chi connectivity index (χ3n) is 13.8. The van der Waals surface area contributed by atoms with Crippen molar-refractivity contribution in [3.8, 4) is 17.3 Å². The molecule has 2 aromatic heterocycles. The summed E-state index contributed by atoms with van der Waals surface area (Å²) in [5, 5.41) is 2.23. The minimum atomic E-state index is -0.279. The van der Waals surface area contributed by atoms with Crippen LogP contribution in [0.2, 0.25) is 0 Å². The average molecular weight is 1070 g/mol. The van der Waals surface area contributed by atoms with Crippen LogP contribution in [0, 0.1) is 18.8 Å². The Labute approximate surface area is 417 Å². The number of hydrogen-bond donors (Lipinski definition) is 0. The third-order valence-corrected chi connectivity index (χ3v) is 13.8. The Morgan fingerprint density at radius 1 is 0.485 bits per heavy atom. The largest absolute Gasteiger partial charge is 0.509 e. The van der Waals surface area contributed by atoms with Gasteiger partial charge in [0.15, 0.2) is 0 Å². The van der Waals surface area contributed by atoms with Crippen molar-refractivity contribution in [1.29, 1.82) is 0 Å². The second-order valence-corrected chi connectivity index (χ2v) is 21.1. The van der Waals surface area contributed by atoms with Gasteiger partial charge in [0.25, 0.3) is 0 Å². The van der Waals surface area contributed by atoms with Crippen LogP contribution in [-0.4, -0.2) is 9.55 Å². The molecule has 0 unspecified atom stereocenters. The molecule has 7 aromatic carbocycles. The first-order chi connectivity index (χ1) is 32.0. The van der Waals surface area contributed by atoms with Crippen molar-refractivity contribution in [2.24, 2.45) is 0 Å². The van der Waals surface area contributed by atoms with Gasteiger partial charge in [0.1, 0.15) is 5.82 Å². The van der Waals surface area contributed by atoms with Crippen molar-refractivity contribution in [1.82, 2.24) is 9.55 Å². The molecule has 3 heterocycles. The molecule has 0 atom stereocenters. The Bertz CT molecular complexity index is 3200.